The maximum Gasteiger partial charge on any atom is 0.158 e. The normalized spacial score (nSPS) is 31.6. The molecule has 2 aliphatic rings. The molecule has 6 heteroatoms. The minimum absolute atomic E-state index is 0.0694. The zero-order valence-corrected chi connectivity index (χ0v) is 12.8. The molecule has 0 bridgehead atoms. The summed E-state index contributed by atoms with van der Waals surface area (Å²) in [6.45, 7) is 2.09. The van der Waals surface area contributed by atoms with E-state index < -0.39 is 15.1 Å². The summed E-state index contributed by atoms with van der Waals surface area (Å²) in [5.41, 5.74) is 5.21. The number of fused-ring (bicyclic) bond motifs is 1. The summed E-state index contributed by atoms with van der Waals surface area (Å²) in [6, 6.07) is 10.7. The summed E-state index contributed by atoms with van der Waals surface area (Å²) in [4.78, 5) is -1.98. The predicted molar refractivity (Wildman–Crippen MR) is 77.7 cm³/mol. The van der Waals surface area contributed by atoms with Gasteiger partial charge in [0.2, 0.25) is 0 Å². The van der Waals surface area contributed by atoms with E-state index in [9.17, 15) is 18.1 Å². The van der Waals surface area contributed by atoms with Gasteiger partial charge in [-0.15, -0.1) is 0 Å². The fourth-order valence-electron chi connectivity index (χ4n) is 2.84. The van der Waals surface area contributed by atoms with E-state index in [4.69, 9.17) is 0 Å². The van der Waals surface area contributed by atoms with Crippen LogP contribution in [0.15, 0.2) is 42.5 Å². The number of allylic oxidation sites excluding steroid dienone is 2. The van der Waals surface area contributed by atoms with E-state index in [1.807, 2.05) is 30.4 Å². The van der Waals surface area contributed by atoms with Crippen LogP contribution >= 0.6 is 0 Å². The standard InChI is InChI=1S/C8H11N.C7H10O4S/c1-7(9)8-5-3-2-4-6-8;8-7(12(9,10)11)4-5-2-1-3-6(5)7/h2-7H,9H2,1H3;1-2,5-6,8H,3-4H2,(H,9,10,11)/t;5?,6?,7-/m.1/s1. The van der Waals surface area contributed by atoms with E-state index in [1.54, 1.807) is 0 Å². The first-order valence-electron chi connectivity index (χ1n) is 6.98. The molecule has 0 heterocycles. The highest BCUT2D eigenvalue weighted by molar-refractivity contribution is 7.87. The number of aliphatic hydroxyl groups is 1. The molecule has 0 saturated heterocycles. The van der Waals surface area contributed by atoms with Crippen LogP contribution in [0.2, 0.25) is 0 Å². The molecule has 1 aromatic rings. The summed E-state index contributed by atoms with van der Waals surface area (Å²) in [5, 5.41) is 9.48. The van der Waals surface area contributed by atoms with E-state index in [0.29, 0.717) is 12.5 Å². The Morgan fingerprint density at radius 1 is 1.38 bits per heavy atom. The molecule has 4 atom stereocenters. The first-order valence-corrected chi connectivity index (χ1v) is 8.39. The average Bonchev–Trinajstić information content (AvgIpc) is 2.81. The third-order valence-electron chi connectivity index (χ3n) is 4.20. The van der Waals surface area contributed by atoms with Gasteiger partial charge in [-0.3, -0.25) is 0 Å². The van der Waals surface area contributed by atoms with Crippen LogP contribution < -0.4 is 5.73 Å². The Balaban J connectivity index is 0.000000161. The van der Waals surface area contributed by atoms with Crippen molar-refractivity contribution in [2.75, 3.05) is 0 Å². The highest BCUT2D eigenvalue weighted by Crippen LogP contribution is 2.52. The molecule has 1 aromatic carbocycles. The Labute approximate surface area is 125 Å². The summed E-state index contributed by atoms with van der Waals surface area (Å²) in [6.07, 6.45) is 4.26. The Bertz CT molecular complexity index is 612. The summed E-state index contributed by atoms with van der Waals surface area (Å²) in [5.74, 6) is -0.293. The van der Waals surface area contributed by atoms with Gasteiger partial charge < -0.3 is 15.4 Å². The SMILES string of the molecule is CC([NH3+])c1ccccc1.O=S(=O)([O-])[C@]1(O)CC2C=CCC21. The van der Waals surface area contributed by atoms with Gasteiger partial charge in [0.1, 0.15) is 16.2 Å². The fraction of sp³-hybridized carbons (Fsp3) is 0.467. The highest BCUT2D eigenvalue weighted by Gasteiger charge is 2.57. The van der Waals surface area contributed by atoms with Gasteiger partial charge >= 0.3 is 0 Å². The lowest BCUT2D eigenvalue weighted by Gasteiger charge is -2.49. The van der Waals surface area contributed by atoms with Crippen molar-refractivity contribution in [2.45, 2.75) is 30.7 Å². The number of benzene rings is 1. The second kappa shape index (κ2) is 5.88. The zero-order chi connectivity index (χ0) is 15.7. The van der Waals surface area contributed by atoms with E-state index in [1.165, 1.54) is 5.56 Å². The van der Waals surface area contributed by atoms with Crippen molar-refractivity contribution < 1.29 is 23.8 Å². The smallest absolute Gasteiger partial charge is 0.158 e. The van der Waals surface area contributed by atoms with Crippen LogP contribution in [-0.2, 0) is 10.1 Å². The van der Waals surface area contributed by atoms with Crippen LogP contribution in [0.25, 0.3) is 0 Å². The molecule has 3 unspecified atom stereocenters. The average molecular weight is 311 g/mol. The van der Waals surface area contributed by atoms with Crippen LogP contribution in [0.4, 0.5) is 0 Å². The molecular formula is C15H21NO4S. The maximum absolute atomic E-state index is 10.6. The molecule has 0 aliphatic heterocycles. The lowest BCUT2D eigenvalue weighted by atomic mass is 9.72. The Hall–Kier alpha value is -1.21. The van der Waals surface area contributed by atoms with Gasteiger partial charge in [-0.1, -0.05) is 42.5 Å². The Morgan fingerprint density at radius 3 is 2.43 bits per heavy atom. The topological polar surface area (TPSA) is 105 Å². The van der Waals surface area contributed by atoms with E-state index in [0.717, 1.165) is 0 Å². The van der Waals surface area contributed by atoms with Crippen LogP contribution in [0, 0.1) is 11.8 Å². The molecule has 0 radical (unpaired) electrons. The molecule has 5 nitrogen and oxygen atoms in total. The van der Waals surface area contributed by atoms with Crippen molar-refractivity contribution in [3.05, 3.63) is 48.0 Å². The van der Waals surface area contributed by atoms with Crippen LogP contribution in [-0.4, -0.2) is 23.0 Å². The zero-order valence-electron chi connectivity index (χ0n) is 12.0. The van der Waals surface area contributed by atoms with Gasteiger partial charge in [0.15, 0.2) is 4.93 Å². The van der Waals surface area contributed by atoms with Crippen LogP contribution in [0.5, 0.6) is 0 Å². The molecule has 0 amide bonds. The predicted octanol–water partition coefficient (Wildman–Crippen LogP) is 0.806. The third-order valence-corrected chi connectivity index (χ3v) is 5.53. The lowest BCUT2D eigenvalue weighted by Crippen LogP contribution is -2.57. The third kappa shape index (κ3) is 3.18. The molecule has 21 heavy (non-hydrogen) atoms. The number of hydrogen-bond donors (Lipinski definition) is 2. The van der Waals surface area contributed by atoms with Crippen molar-refractivity contribution in [1.82, 2.24) is 0 Å². The first-order chi connectivity index (χ1) is 9.75. The summed E-state index contributed by atoms with van der Waals surface area (Å²) < 4.78 is 31.9. The molecular weight excluding hydrogens is 290 g/mol. The molecule has 2 aliphatic carbocycles. The second-order valence-electron chi connectivity index (χ2n) is 5.75. The van der Waals surface area contributed by atoms with Crippen LogP contribution in [0.1, 0.15) is 31.4 Å². The largest absolute Gasteiger partial charge is 0.746 e. The van der Waals surface area contributed by atoms with Crippen molar-refractivity contribution in [1.29, 1.82) is 0 Å². The Morgan fingerprint density at radius 2 is 2.00 bits per heavy atom. The molecule has 1 fully saturated rings. The van der Waals surface area contributed by atoms with Crippen molar-refractivity contribution in [3.8, 4) is 0 Å². The van der Waals surface area contributed by atoms with Gasteiger partial charge in [-0.25, -0.2) is 8.42 Å². The number of rotatable bonds is 2. The molecule has 1 saturated carbocycles. The van der Waals surface area contributed by atoms with Gasteiger partial charge in [0, 0.05) is 11.5 Å². The van der Waals surface area contributed by atoms with E-state index in [2.05, 4.69) is 24.8 Å². The monoisotopic (exact) mass is 311 g/mol. The van der Waals surface area contributed by atoms with Gasteiger partial charge in [-0.05, 0) is 25.7 Å². The number of quaternary nitrogens is 1. The van der Waals surface area contributed by atoms with Crippen molar-refractivity contribution in [3.63, 3.8) is 0 Å². The summed E-state index contributed by atoms with van der Waals surface area (Å²) in [7, 11) is -4.55. The van der Waals surface area contributed by atoms with Crippen LogP contribution in [0.3, 0.4) is 0 Å². The quantitative estimate of drug-likeness (QED) is 0.622. The van der Waals surface area contributed by atoms with Crippen molar-refractivity contribution in [2.24, 2.45) is 11.8 Å². The Kier molecular flexibility index (Phi) is 4.53. The van der Waals surface area contributed by atoms with Gasteiger partial charge in [-0.2, -0.15) is 0 Å². The summed E-state index contributed by atoms with van der Waals surface area (Å²) >= 11 is 0. The molecule has 4 N–H and O–H groups in total. The van der Waals surface area contributed by atoms with E-state index in [-0.39, 0.29) is 18.3 Å². The highest BCUT2D eigenvalue weighted by atomic mass is 32.2. The van der Waals surface area contributed by atoms with Crippen molar-refractivity contribution >= 4 is 10.1 Å². The molecule has 116 valence electrons. The molecule has 3 rings (SSSR count). The molecule has 0 aromatic heterocycles. The van der Waals surface area contributed by atoms with Gasteiger partial charge in [0.25, 0.3) is 0 Å². The first kappa shape index (κ1) is 16.2. The maximum atomic E-state index is 10.6. The molecule has 0 spiro atoms. The fourth-order valence-corrected chi connectivity index (χ4v) is 3.87. The minimum Gasteiger partial charge on any atom is -0.746 e. The number of hydrogen-bond acceptors (Lipinski definition) is 4. The van der Waals surface area contributed by atoms with Gasteiger partial charge in [0.05, 0.1) is 0 Å². The lowest BCUT2D eigenvalue weighted by molar-refractivity contribution is -0.420. The van der Waals surface area contributed by atoms with E-state index >= 15 is 0 Å². The second-order valence-corrected chi connectivity index (χ2v) is 7.36. The minimum atomic E-state index is -4.55.